The van der Waals surface area contributed by atoms with Gasteiger partial charge in [-0.3, -0.25) is 0 Å². The van der Waals surface area contributed by atoms with Gasteiger partial charge < -0.3 is 4.74 Å². The van der Waals surface area contributed by atoms with Gasteiger partial charge in [0.2, 0.25) is 5.88 Å². The van der Waals surface area contributed by atoms with Gasteiger partial charge in [-0.05, 0) is 19.1 Å². The Bertz CT molecular complexity index is 598. The third-order valence-electron chi connectivity index (χ3n) is 2.24. The number of hydrogen-bond acceptors (Lipinski definition) is 3. The minimum Gasteiger partial charge on any atom is -0.438 e. The van der Waals surface area contributed by atoms with E-state index in [1.165, 1.54) is 0 Å². The number of ether oxygens (including phenoxy) is 1. The van der Waals surface area contributed by atoms with Gasteiger partial charge in [-0.15, -0.1) is 0 Å². The van der Waals surface area contributed by atoms with Gasteiger partial charge in [0.05, 0.1) is 11.3 Å². The molecule has 0 bridgehead atoms. The summed E-state index contributed by atoms with van der Waals surface area (Å²) >= 11 is 5.87. The molecule has 2 aromatic rings. The first-order valence-electron chi connectivity index (χ1n) is 4.98. The topological polar surface area (TPSA) is 50.8 Å². The lowest BCUT2D eigenvalue weighted by Crippen LogP contribution is -1.96. The van der Waals surface area contributed by atoms with E-state index in [0.717, 1.165) is 5.69 Å². The smallest absolute Gasteiger partial charge is 0.217 e. The molecule has 0 amide bonds. The predicted octanol–water partition coefficient (Wildman–Crippen LogP) is 3.05. The van der Waals surface area contributed by atoms with Crippen molar-refractivity contribution in [2.45, 2.75) is 6.92 Å². The third kappa shape index (κ3) is 2.40. The van der Waals surface area contributed by atoms with E-state index < -0.39 is 0 Å². The van der Waals surface area contributed by atoms with E-state index in [4.69, 9.17) is 21.6 Å². The zero-order valence-electron chi connectivity index (χ0n) is 9.44. The maximum Gasteiger partial charge on any atom is 0.217 e. The fourth-order valence-corrected chi connectivity index (χ4v) is 1.63. The van der Waals surface area contributed by atoms with Crippen LogP contribution in [0.15, 0.2) is 24.3 Å². The van der Waals surface area contributed by atoms with E-state index in [2.05, 4.69) is 11.2 Å². The third-order valence-corrected chi connectivity index (χ3v) is 2.47. The van der Waals surface area contributed by atoms with E-state index >= 15 is 0 Å². The van der Waals surface area contributed by atoms with Gasteiger partial charge in [0.1, 0.15) is 11.8 Å². The lowest BCUT2D eigenvalue weighted by molar-refractivity contribution is 0.429. The molecule has 5 heteroatoms. The van der Waals surface area contributed by atoms with Crippen molar-refractivity contribution in [3.63, 3.8) is 0 Å². The van der Waals surface area contributed by atoms with Gasteiger partial charge in [0.15, 0.2) is 0 Å². The second-order valence-electron chi connectivity index (χ2n) is 3.60. The molecule has 4 nitrogen and oxygen atoms in total. The highest BCUT2D eigenvalue weighted by Crippen LogP contribution is 2.28. The number of benzene rings is 1. The lowest BCUT2D eigenvalue weighted by Gasteiger charge is -2.07. The highest BCUT2D eigenvalue weighted by atomic mass is 35.5. The summed E-state index contributed by atoms with van der Waals surface area (Å²) < 4.78 is 7.23. The van der Waals surface area contributed by atoms with Crippen LogP contribution in [0.1, 0.15) is 11.3 Å². The van der Waals surface area contributed by atoms with Crippen molar-refractivity contribution in [3.05, 3.63) is 40.5 Å². The van der Waals surface area contributed by atoms with Crippen LogP contribution in [0.25, 0.3) is 0 Å². The number of rotatable bonds is 2. The van der Waals surface area contributed by atoms with Crippen LogP contribution in [-0.4, -0.2) is 9.78 Å². The number of aryl methyl sites for hydroxylation is 2. The lowest BCUT2D eigenvalue weighted by atomic mass is 10.2. The number of nitriles is 1. The molecule has 2 rings (SSSR count). The van der Waals surface area contributed by atoms with E-state index in [-0.39, 0.29) is 0 Å². The van der Waals surface area contributed by atoms with Crippen molar-refractivity contribution in [1.82, 2.24) is 9.78 Å². The Kier molecular flexibility index (Phi) is 3.03. The number of hydrogen-bond donors (Lipinski definition) is 0. The van der Waals surface area contributed by atoms with Crippen LogP contribution in [0.3, 0.4) is 0 Å². The molecule has 17 heavy (non-hydrogen) atoms. The Morgan fingerprint density at radius 1 is 1.41 bits per heavy atom. The minimum atomic E-state index is 0.433. The van der Waals surface area contributed by atoms with Crippen LogP contribution in [0, 0.1) is 18.3 Å². The van der Waals surface area contributed by atoms with Crippen molar-refractivity contribution >= 4 is 11.6 Å². The number of aromatic nitrogens is 2. The average molecular weight is 248 g/mol. The number of halogens is 1. The molecule has 0 N–H and O–H groups in total. The first kappa shape index (κ1) is 11.5. The molecular formula is C12H10ClN3O. The van der Waals surface area contributed by atoms with Crippen molar-refractivity contribution in [3.8, 4) is 17.7 Å². The average Bonchev–Trinajstić information content (AvgIpc) is 2.58. The molecule has 0 unspecified atom stereocenters. The Labute approximate surface area is 104 Å². The fourth-order valence-electron chi connectivity index (χ4n) is 1.47. The molecule has 0 aliphatic heterocycles. The zero-order chi connectivity index (χ0) is 12.4. The first-order chi connectivity index (χ1) is 8.10. The molecule has 0 saturated heterocycles. The fraction of sp³-hybridized carbons (Fsp3) is 0.167. The quantitative estimate of drug-likeness (QED) is 0.820. The second-order valence-corrected chi connectivity index (χ2v) is 4.04. The predicted molar refractivity (Wildman–Crippen MR) is 64.2 cm³/mol. The van der Waals surface area contributed by atoms with Gasteiger partial charge in [0.25, 0.3) is 0 Å². The molecule has 0 spiro atoms. The van der Waals surface area contributed by atoms with Gasteiger partial charge in [0, 0.05) is 24.2 Å². The molecule has 0 aliphatic carbocycles. The van der Waals surface area contributed by atoms with Gasteiger partial charge in [-0.1, -0.05) is 11.6 Å². The second kappa shape index (κ2) is 4.48. The van der Waals surface area contributed by atoms with E-state index in [1.807, 2.05) is 6.92 Å². The SMILES string of the molecule is Cc1cc(Oc2cc(Cl)ccc2C#N)n(C)n1. The van der Waals surface area contributed by atoms with Crippen LogP contribution in [0.2, 0.25) is 5.02 Å². The largest absolute Gasteiger partial charge is 0.438 e. The van der Waals surface area contributed by atoms with E-state index in [0.29, 0.717) is 22.2 Å². The van der Waals surface area contributed by atoms with Crippen molar-refractivity contribution in [2.24, 2.45) is 7.05 Å². The maximum atomic E-state index is 8.97. The highest BCUT2D eigenvalue weighted by Gasteiger charge is 2.09. The van der Waals surface area contributed by atoms with Crippen LogP contribution < -0.4 is 4.74 Å². The van der Waals surface area contributed by atoms with Gasteiger partial charge in [-0.25, -0.2) is 4.68 Å². The molecule has 0 atom stereocenters. The summed E-state index contributed by atoms with van der Waals surface area (Å²) in [5.74, 6) is 1.00. The summed E-state index contributed by atoms with van der Waals surface area (Å²) in [6.07, 6.45) is 0. The molecule has 0 radical (unpaired) electrons. The molecule has 86 valence electrons. The Balaban J connectivity index is 2.39. The normalized spacial score (nSPS) is 10.0. The zero-order valence-corrected chi connectivity index (χ0v) is 10.2. The molecule has 1 heterocycles. The van der Waals surface area contributed by atoms with Crippen LogP contribution in [-0.2, 0) is 7.05 Å². The Hall–Kier alpha value is -1.99. The Morgan fingerprint density at radius 2 is 2.18 bits per heavy atom. The molecular weight excluding hydrogens is 238 g/mol. The monoisotopic (exact) mass is 247 g/mol. The summed E-state index contributed by atoms with van der Waals surface area (Å²) in [5, 5.41) is 13.7. The standard InChI is InChI=1S/C12H10ClN3O/c1-8-5-12(16(2)15-8)17-11-6-10(13)4-3-9(11)7-14/h3-6H,1-2H3. The summed E-state index contributed by atoms with van der Waals surface area (Å²) in [5.41, 5.74) is 1.29. The summed E-state index contributed by atoms with van der Waals surface area (Å²) in [7, 11) is 1.78. The molecule has 1 aromatic heterocycles. The van der Waals surface area contributed by atoms with Crippen LogP contribution in [0.4, 0.5) is 0 Å². The van der Waals surface area contributed by atoms with Crippen molar-refractivity contribution < 1.29 is 4.74 Å². The van der Waals surface area contributed by atoms with Gasteiger partial charge in [-0.2, -0.15) is 10.4 Å². The molecule has 1 aromatic carbocycles. The summed E-state index contributed by atoms with van der Waals surface area (Å²) in [6.45, 7) is 1.87. The molecule has 0 fully saturated rings. The highest BCUT2D eigenvalue weighted by molar-refractivity contribution is 6.30. The van der Waals surface area contributed by atoms with E-state index in [9.17, 15) is 0 Å². The van der Waals surface area contributed by atoms with Crippen LogP contribution >= 0.6 is 11.6 Å². The maximum absolute atomic E-state index is 8.97. The van der Waals surface area contributed by atoms with E-state index in [1.54, 1.807) is 36.0 Å². The molecule has 0 aliphatic rings. The van der Waals surface area contributed by atoms with Crippen molar-refractivity contribution in [1.29, 1.82) is 5.26 Å². The Morgan fingerprint density at radius 3 is 2.76 bits per heavy atom. The summed E-state index contributed by atoms with van der Waals surface area (Å²) in [6, 6.07) is 8.74. The summed E-state index contributed by atoms with van der Waals surface area (Å²) in [4.78, 5) is 0. The molecule has 0 saturated carbocycles. The van der Waals surface area contributed by atoms with Crippen molar-refractivity contribution in [2.75, 3.05) is 0 Å². The number of nitrogens with zero attached hydrogens (tertiary/aromatic N) is 3. The first-order valence-corrected chi connectivity index (χ1v) is 5.36. The van der Waals surface area contributed by atoms with Gasteiger partial charge >= 0.3 is 0 Å². The van der Waals surface area contributed by atoms with Crippen LogP contribution in [0.5, 0.6) is 11.6 Å². The minimum absolute atomic E-state index is 0.433.